The Morgan fingerprint density at radius 2 is 2.04 bits per heavy atom. The molecule has 1 saturated carbocycles. The number of rotatable bonds is 6. The smallest absolute Gasteiger partial charge is 0.122 e. The van der Waals surface area contributed by atoms with Crippen molar-refractivity contribution in [1.29, 1.82) is 0 Å². The normalized spacial score (nSPS) is 28.2. The molecular weight excluding hydrogens is 303 g/mol. The van der Waals surface area contributed by atoms with Crippen LogP contribution in [-0.4, -0.2) is 55.1 Å². The van der Waals surface area contributed by atoms with Crippen LogP contribution in [0.4, 0.5) is 0 Å². The average molecular weight is 334 g/mol. The zero-order chi connectivity index (χ0) is 16.9. The Hall–Kier alpha value is -1.10. The third-order valence-electron chi connectivity index (χ3n) is 5.53. The Labute approximate surface area is 145 Å². The molecule has 4 heteroatoms. The van der Waals surface area contributed by atoms with Crippen molar-refractivity contribution in [1.82, 2.24) is 4.90 Å². The van der Waals surface area contributed by atoms with Gasteiger partial charge in [0, 0.05) is 19.1 Å². The summed E-state index contributed by atoms with van der Waals surface area (Å²) < 4.78 is 11.7. The second-order valence-corrected chi connectivity index (χ2v) is 7.25. The molecule has 1 saturated heterocycles. The van der Waals surface area contributed by atoms with E-state index in [4.69, 9.17) is 9.47 Å². The van der Waals surface area contributed by atoms with Crippen LogP contribution in [0.5, 0.6) is 5.75 Å². The lowest BCUT2D eigenvalue weighted by molar-refractivity contribution is -0.0316. The van der Waals surface area contributed by atoms with Crippen molar-refractivity contribution in [3.8, 4) is 5.75 Å². The summed E-state index contributed by atoms with van der Waals surface area (Å²) in [5.41, 5.74) is 2.43. The van der Waals surface area contributed by atoms with Crippen LogP contribution in [0.15, 0.2) is 18.2 Å². The molecule has 1 aliphatic heterocycles. The molecule has 134 valence electrons. The highest BCUT2D eigenvalue weighted by molar-refractivity contribution is 5.36. The molecule has 0 bridgehead atoms. The van der Waals surface area contributed by atoms with Crippen molar-refractivity contribution in [3.63, 3.8) is 0 Å². The first kappa shape index (κ1) is 17.7. The number of β-amino-alcohol motifs (C(OH)–C–C–N with tert-alkyl or cyclic N) is 1. The zero-order valence-corrected chi connectivity index (χ0v) is 15.0. The van der Waals surface area contributed by atoms with Crippen LogP contribution < -0.4 is 4.74 Å². The molecule has 0 spiro atoms. The molecule has 1 N–H and O–H groups in total. The summed E-state index contributed by atoms with van der Waals surface area (Å²) in [6.45, 7) is 4.65. The van der Waals surface area contributed by atoms with Crippen LogP contribution in [0, 0.1) is 6.92 Å². The lowest BCUT2D eigenvalue weighted by atomic mass is 9.91. The molecule has 0 radical (unpaired) electrons. The number of aliphatic hydroxyl groups excluding tert-OH is 1. The topological polar surface area (TPSA) is 41.9 Å². The second-order valence-electron chi connectivity index (χ2n) is 7.25. The number of aryl methyl sites for hydroxylation is 1. The first-order valence-electron chi connectivity index (χ1n) is 9.34. The summed E-state index contributed by atoms with van der Waals surface area (Å²) in [5, 5.41) is 9.82. The number of methoxy groups -OCH3 is 1. The Bertz CT molecular complexity index is 534. The highest BCUT2D eigenvalue weighted by Gasteiger charge is 2.34. The molecule has 1 heterocycles. The fraction of sp³-hybridized carbons (Fsp3) is 0.700. The monoisotopic (exact) mass is 334 g/mol. The minimum Gasteiger partial charge on any atom is -0.496 e. The molecule has 4 nitrogen and oxygen atoms in total. The van der Waals surface area contributed by atoms with Crippen LogP contribution in [-0.2, 0) is 11.2 Å². The Kier molecular flexibility index (Phi) is 6.14. The van der Waals surface area contributed by atoms with E-state index in [1.165, 1.54) is 30.4 Å². The van der Waals surface area contributed by atoms with E-state index >= 15 is 0 Å². The molecular formula is C20H31NO3. The quantitative estimate of drug-likeness (QED) is 0.812. The summed E-state index contributed by atoms with van der Waals surface area (Å²) >= 11 is 0. The number of hydrogen-bond donors (Lipinski definition) is 1. The van der Waals surface area contributed by atoms with E-state index in [0.29, 0.717) is 12.1 Å². The summed E-state index contributed by atoms with van der Waals surface area (Å²) in [6, 6.07) is 6.89. The molecule has 1 aliphatic carbocycles. The maximum atomic E-state index is 9.82. The van der Waals surface area contributed by atoms with Gasteiger partial charge in [-0.3, -0.25) is 4.90 Å². The van der Waals surface area contributed by atoms with Gasteiger partial charge in [0.1, 0.15) is 5.75 Å². The highest BCUT2D eigenvalue weighted by atomic mass is 16.5. The minimum absolute atomic E-state index is 0.146. The molecule has 24 heavy (non-hydrogen) atoms. The maximum Gasteiger partial charge on any atom is 0.122 e. The third-order valence-corrected chi connectivity index (χ3v) is 5.53. The minimum atomic E-state index is -0.146. The van der Waals surface area contributed by atoms with E-state index in [9.17, 15) is 5.11 Å². The maximum absolute atomic E-state index is 9.82. The third kappa shape index (κ3) is 4.29. The van der Waals surface area contributed by atoms with Gasteiger partial charge in [0.05, 0.1) is 25.9 Å². The van der Waals surface area contributed by atoms with E-state index in [1.54, 1.807) is 7.11 Å². The Morgan fingerprint density at radius 1 is 1.21 bits per heavy atom. The van der Waals surface area contributed by atoms with Gasteiger partial charge in [0.15, 0.2) is 0 Å². The van der Waals surface area contributed by atoms with E-state index in [2.05, 4.69) is 30.0 Å². The molecule has 2 aliphatic rings. The summed E-state index contributed by atoms with van der Waals surface area (Å²) in [6.07, 6.45) is 6.89. The predicted molar refractivity (Wildman–Crippen MR) is 95.6 cm³/mol. The summed E-state index contributed by atoms with van der Waals surface area (Å²) in [5.74, 6) is 0.953. The zero-order valence-electron chi connectivity index (χ0n) is 15.0. The number of aliphatic hydroxyl groups is 1. The number of likely N-dealkylation sites (tertiary alicyclic amines) is 1. The van der Waals surface area contributed by atoms with Crippen LogP contribution in [0.25, 0.3) is 0 Å². The van der Waals surface area contributed by atoms with Gasteiger partial charge in [-0.05, 0) is 49.8 Å². The standard InChI is InChI=1S/C20H31NO3/c1-15-7-8-16(13-20(15)23-2)10-12-24-19-6-4-3-5-18(19)21-11-9-17(22)14-21/h7-8,13,17-19,22H,3-6,9-12,14H2,1-2H3/t17-,18?,19+/m1/s1/i2+1. The average Bonchev–Trinajstić information content (AvgIpc) is 3.03. The SMILES string of the molecule is Cc1ccc(CCO[C@H]2CCCCC2N2CC[C@@H](O)C2)cc1O[13CH3]. The highest BCUT2D eigenvalue weighted by Crippen LogP contribution is 2.28. The van der Waals surface area contributed by atoms with Crippen LogP contribution >= 0.6 is 0 Å². The van der Waals surface area contributed by atoms with Crippen LogP contribution in [0.3, 0.4) is 0 Å². The number of nitrogens with zero attached hydrogens (tertiary/aromatic N) is 1. The molecule has 2 fully saturated rings. The summed E-state index contributed by atoms with van der Waals surface area (Å²) in [7, 11) is 1.72. The van der Waals surface area contributed by atoms with Crippen LogP contribution in [0.1, 0.15) is 43.2 Å². The summed E-state index contributed by atoms with van der Waals surface area (Å²) in [4.78, 5) is 2.45. The number of ether oxygens (including phenoxy) is 2. The molecule has 0 amide bonds. The van der Waals surface area contributed by atoms with Crippen molar-refractivity contribution >= 4 is 0 Å². The molecule has 0 aromatic heterocycles. The largest absolute Gasteiger partial charge is 0.496 e. The van der Waals surface area contributed by atoms with Gasteiger partial charge in [-0.15, -0.1) is 0 Å². The van der Waals surface area contributed by atoms with Crippen molar-refractivity contribution in [2.24, 2.45) is 0 Å². The van der Waals surface area contributed by atoms with Gasteiger partial charge in [-0.1, -0.05) is 25.0 Å². The van der Waals surface area contributed by atoms with Crippen LogP contribution in [0.2, 0.25) is 0 Å². The van der Waals surface area contributed by atoms with Crippen molar-refractivity contribution in [3.05, 3.63) is 29.3 Å². The molecule has 3 rings (SSSR count). The van der Waals surface area contributed by atoms with E-state index in [0.717, 1.165) is 44.7 Å². The van der Waals surface area contributed by atoms with Gasteiger partial charge < -0.3 is 14.6 Å². The first-order valence-corrected chi connectivity index (χ1v) is 9.34. The Morgan fingerprint density at radius 3 is 2.79 bits per heavy atom. The first-order chi connectivity index (χ1) is 11.7. The van der Waals surface area contributed by atoms with E-state index in [-0.39, 0.29) is 6.10 Å². The number of hydrogen-bond acceptors (Lipinski definition) is 4. The van der Waals surface area contributed by atoms with Gasteiger partial charge in [-0.2, -0.15) is 0 Å². The van der Waals surface area contributed by atoms with E-state index < -0.39 is 0 Å². The predicted octanol–water partition coefficient (Wildman–Crippen LogP) is 2.94. The molecule has 3 atom stereocenters. The van der Waals surface area contributed by atoms with Gasteiger partial charge in [0.2, 0.25) is 0 Å². The van der Waals surface area contributed by atoms with Crippen molar-refractivity contribution < 1.29 is 14.6 Å². The van der Waals surface area contributed by atoms with Crippen molar-refractivity contribution in [2.75, 3.05) is 26.8 Å². The van der Waals surface area contributed by atoms with E-state index in [1.807, 2.05) is 0 Å². The molecule has 1 aromatic rings. The second kappa shape index (κ2) is 8.32. The lowest BCUT2D eigenvalue weighted by Crippen LogP contribution is -2.46. The fourth-order valence-electron chi connectivity index (χ4n) is 4.11. The Balaban J connectivity index is 1.52. The van der Waals surface area contributed by atoms with Crippen molar-refractivity contribution in [2.45, 2.75) is 63.7 Å². The molecule has 1 aromatic carbocycles. The fourth-order valence-corrected chi connectivity index (χ4v) is 4.11. The van der Waals surface area contributed by atoms with Gasteiger partial charge in [-0.25, -0.2) is 0 Å². The number of benzene rings is 1. The molecule has 1 unspecified atom stereocenters. The van der Waals surface area contributed by atoms with Gasteiger partial charge >= 0.3 is 0 Å². The lowest BCUT2D eigenvalue weighted by Gasteiger charge is -2.37. The van der Waals surface area contributed by atoms with Gasteiger partial charge in [0.25, 0.3) is 0 Å².